The van der Waals surface area contributed by atoms with Crippen LogP contribution in [0.5, 0.6) is 0 Å². The molecule has 1 aliphatic carbocycles. The highest BCUT2D eigenvalue weighted by atomic mass is 35.5. The molecule has 0 saturated carbocycles. The summed E-state index contributed by atoms with van der Waals surface area (Å²) < 4.78 is 0. The number of carbonyl (C=O) groups excluding carboxylic acids is 1. The second-order valence-electron chi connectivity index (χ2n) is 4.89. The summed E-state index contributed by atoms with van der Waals surface area (Å²) in [6.07, 6.45) is 4.70. The Labute approximate surface area is 128 Å². The number of hydrogen-bond acceptors (Lipinski definition) is 3. The van der Waals surface area contributed by atoms with Gasteiger partial charge in [0.1, 0.15) is 0 Å². The second kappa shape index (κ2) is 7.16. The minimum Gasteiger partial charge on any atom is -0.396 e. The average molecular weight is 312 g/mol. The Hall–Kier alpha value is -0.970. The number of carbonyl (C=O) groups is 1. The lowest BCUT2D eigenvalue weighted by Crippen LogP contribution is -2.37. The largest absolute Gasteiger partial charge is 0.396 e. The van der Waals surface area contributed by atoms with Crippen LogP contribution < -0.4 is 5.32 Å². The molecule has 3 nitrogen and oxygen atoms in total. The van der Waals surface area contributed by atoms with Gasteiger partial charge in [-0.2, -0.15) is 0 Å². The molecule has 2 N–H and O–H groups in total. The molecule has 3 atom stereocenters. The zero-order valence-electron chi connectivity index (χ0n) is 11.3. The molecule has 0 bridgehead atoms. The first-order valence-corrected chi connectivity index (χ1v) is 7.86. The van der Waals surface area contributed by atoms with Crippen molar-refractivity contribution in [2.75, 3.05) is 6.61 Å². The molecule has 1 aliphatic rings. The van der Waals surface area contributed by atoms with Gasteiger partial charge >= 0.3 is 0 Å². The van der Waals surface area contributed by atoms with E-state index in [0.717, 1.165) is 11.3 Å². The van der Waals surface area contributed by atoms with Crippen LogP contribution in [0.15, 0.2) is 41.3 Å². The predicted octanol–water partition coefficient (Wildman–Crippen LogP) is 2.87. The number of hydrogen-bond donors (Lipinski definition) is 2. The maximum Gasteiger partial charge on any atom is 0.233 e. The highest BCUT2D eigenvalue weighted by molar-refractivity contribution is 8.00. The summed E-state index contributed by atoms with van der Waals surface area (Å²) in [6, 6.07) is 7.50. The van der Waals surface area contributed by atoms with Gasteiger partial charge in [0.25, 0.3) is 0 Å². The molecule has 0 aromatic heterocycles. The molecule has 0 fully saturated rings. The van der Waals surface area contributed by atoms with Gasteiger partial charge in [-0.05, 0) is 37.6 Å². The first-order valence-electron chi connectivity index (χ1n) is 6.60. The standard InChI is InChI=1S/C15H18ClNO2S/c1-10(20-14-6-3-12(16)4-7-14)15(19)17-13-5-2-11(8-13)9-18/h2-7,10-11,13,18H,8-9H2,1H3,(H,17,19)/t10?,11-,13+/m0/s1. The van der Waals surface area contributed by atoms with Crippen LogP contribution >= 0.6 is 23.4 Å². The van der Waals surface area contributed by atoms with Crippen molar-refractivity contribution in [1.82, 2.24) is 5.32 Å². The fourth-order valence-corrected chi connectivity index (χ4v) is 3.09. The lowest BCUT2D eigenvalue weighted by atomic mass is 10.1. The van der Waals surface area contributed by atoms with Gasteiger partial charge in [-0.25, -0.2) is 0 Å². The van der Waals surface area contributed by atoms with Gasteiger partial charge in [0.2, 0.25) is 5.91 Å². The summed E-state index contributed by atoms with van der Waals surface area (Å²) in [4.78, 5) is 13.1. The zero-order chi connectivity index (χ0) is 14.5. The van der Waals surface area contributed by atoms with Crippen LogP contribution in [0.2, 0.25) is 5.02 Å². The van der Waals surface area contributed by atoms with Crippen LogP contribution in [0, 0.1) is 5.92 Å². The maximum atomic E-state index is 12.1. The van der Waals surface area contributed by atoms with E-state index in [1.54, 1.807) is 0 Å². The minimum atomic E-state index is -0.169. The summed E-state index contributed by atoms with van der Waals surface area (Å²) >= 11 is 7.34. The number of nitrogens with one attached hydrogen (secondary N) is 1. The third-order valence-corrected chi connectivity index (χ3v) is 4.59. The predicted molar refractivity (Wildman–Crippen MR) is 83.0 cm³/mol. The maximum absolute atomic E-state index is 12.1. The Morgan fingerprint density at radius 3 is 2.75 bits per heavy atom. The molecule has 0 spiro atoms. The van der Waals surface area contributed by atoms with E-state index in [1.165, 1.54) is 11.8 Å². The lowest BCUT2D eigenvalue weighted by Gasteiger charge is -2.16. The SMILES string of the molecule is CC(Sc1ccc(Cl)cc1)C(=O)N[C@@H]1C=C[C@H](CO)C1. The quantitative estimate of drug-likeness (QED) is 0.649. The molecule has 0 radical (unpaired) electrons. The van der Waals surface area contributed by atoms with Crippen molar-refractivity contribution in [3.05, 3.63) is 41.4 Å². The monoisotopic (exact) mass is 311 g/mol. The molecule has 5 heteroatoms. The van der Waals surface area contributed by atoms with Crippen LogP contribution in [0.3, 0.4) is 0 Å². The molecule has 1 aromatic rings. The summed E-state index contributed by atoms with van der Waals surface area (Å²) in [6.45, 7) is 2.02. The van der Waals surface area contributed by atoms with Crippen LogP contribution in [-0.4, -0.2) is 28.9 Å². The van der Waals surface area contributed by atoms with Gasteiger partial charge in [0, 0.05) is 28.5 Å². The highest BCUT2D eigenvalue weighted by Gasteiger charge is 2.22. The Morgan fingerprint density at radius 2 is 2.15 bits per heavy atom. The molecule has 1 aromatic carbocycles. The number of thioether (sulfide) groups is 1. The topological polar surface area (TPSA) is 49.3 Å². The van der Waals surface area contributed by atoms with Gasteiger partial charge in [-0.15, -0.1) is 11.8 Å². The van der Waals surface area contributed by atoms with Crippen LogP contribution in [0.4, 0.5) is 0 Å². The van der Waals surface area contributed by atoms with Crippen molar-refractivity contribution in [1.29, 1.82) is 0 Å². The smallest absolute Gasteiger partial charge is 0.233 e. The van der Waals surface area contributed by atoms with Crippen molar-refractivity contribution in [3.63, 3.8) is 0 Å². The van der Waals surface area contributed by atoms with E-state index in [4.69, 9.17) is 16.7 Å². The van der Waals surface area contributed by atoms with E-state index in [2.05, 4.69) is 5.32 Å². The third kappa shape index (κ3) is 4.27. The first-order chi connectivity index (χ1) is 9.58. The molecule has 0 saturated heterocycles. The molecular weight excluding hydrogens is 294 g/mol. The lowest BCUT2D eigenvalue weighted by molar-refractivity contribution is -0.120. The number of rotatable bonds is 5. The van der Waals surface area contributed by atoms with E-state index in [-0.39, 0.29) is 29.7 Å². The molecule has 1 amide bonds. The molecule has 0 aliphatic heterocycles. The zero-order valence-corrected chi connectivity index (χ0v) is 12.8. The van der Waals surface area contributed by atoms with E-state index in [9.17, 15) is 4.79 Å². The Morgan fingerprint density at radius 1 is 1.45 bits per heavy atom. The highest BCUT2D eigenvalue weighted by Crippen LogP contribution is 2.25. The molecule has 1 unspecified atom stereocenters. The van der Waals surface area contributed by atoms with Crippen LogP contribution in [-0.2, 0) is 4.79 Å². The summed E-state index contributed by atoms with van der Waals surface area (Å²) in [5.41, 5.74) is 0. The van der Waals surface area contributed by atoms with Crippen LogP contribution in [0.25, 0.3) is 0 Å². The van der Waals surface area contributed by atoms with Crippen molar-refractivity contribution in [3.8, 4) is 0 Å². The Bertz CT molecular complexity index is 489. The number of aliphatic hydroxyl groups is 1. The second-order valence-corrected chi connectivity index (χ2v) is 6.74. The van der Waals surface area contributed by atoms with Gasteiger partial charge in [-0.1, -0.05) is 23.8 Å². The minimum absolute atomic E-state index is 0.0122. The normalized spacial score (nSPS) is 22.8. The summed E-state index contributed by atoms with van der Waals surface area (Å²) in [5.74, 6) is 0.178. The first kappa shape index (κ1) is 15.4. The molecule has 0 heterocycles. The summed E-state index contributed by atoms with van der Waals surface area (Å²) in [5, 5.41) is 12.6. The van der Waals surface area contributed by atoms with E-state index in [0.29, 0.717) is 5.02 Å². The molecule has 108 valence electrons. The molecular formula is C15H18ClNO2S. The number of aliphatic hydroxyl groups excluding tert-OH is 1. The van der Waals surface area contributed by atoms with E-state index >= 15 is 0 Å². The average Bonchev–Trinajstić information content (AvgIpc) is 2.89. The van der Waals surface area contributed by atoms with Crippen LogP contribution in [0.1, 0.15) is 13.3 Å². The van der Waals surface area contributed by atoms with Gasteiger partial charge < -0.3 is 10.4 Å². The van der Waals surface area contributed by atoms with Crippen molar-refractivity contribution >= 4 is 29.3 Å². The molecule has 2 rings (SSSR count). The fourth-order valence-electron chi connectivity index (χ4n) is 2.09. The van der Waals surface area contributed by atoms with Gasteiger partial charge in [0.15, 0.2) is 0 Å². The number of halogens is 1. The molecule has 20 heavy (non-hydrogen) atoms. The Kier molecular flexibility index (Phi) is 5.52. The third-order valence-electron chi connectivity index (χ3n) is 3.23. The Balaban J connectivity index is 1.83. The fraction of sp³-hybridized carbons (Fsp3) is 0.400. The van der Waals surface area contributed by atoms with Crippen molar-refractivity contribution in [2.45, 2.75) is 29.5 Å². The van der Waals surface area contributed by atoms with Crippen molar-refractivity contribution in [2.24, 2.45) is 5.92 Å². The van der Waals surface area contributed by atoms with Crippen molar-refractivity contribution < 1.29 is 9.90 Å². The number of benzene rings is 1. The summed E-state index contributed by atoms with van der Waals surface area (Å²) in [7, 11) is 0. The number of amides is 1. The van der Waals surface area contributed by atoms with E-state index in [1.807, 2.05) is 43.3 Å². The van der Waals surface area contributed by atoms with Gasteiger partial charge in [-0.3, -0.25) is 4.79 Å². The van der Waals surface area contributed by atoms with E-state index < -0.39 is 0 Å². The van der Waals surface area contributed by atoms with Gasteiger partial charge in [0.05, 0.1) is 5.25 Å².